The molecule has 0 fully saturated rings. The Bertz CT molecular complexity index is 859. The van der Waals surface area contributed by atoms with Gasteiger partial charge in [0, 0.05) is 12.2 Å². The molecule has 0 spiro atoms. The van der Waals surface area contributed by atoms with Gasteiger partial charge in [-0.2, -0.15) is 5.26 Å². The van der Waals surface area contributed by atoms with Gasteiger partial charge in [0.2, 0.25) is 0 Å². The van der Waals surface area contributed by atoms with E-state index in [0.717, 1.165) is 11.0 Å². The summed E-state index contributed by atoms with van der Waals surface area (Å²) in [5.74, 6) is 0. The quantitative estimate of drug-likeness (QED) is 0.896. The predicted molar refractivity (Wildman–Crippen MR) is 79.4 cm³/mol. The highest BCUT2D eigenvalue weighted by atomic mass is 16.3. The summed E-state index contributed by atoms with van der Waals surface area (Å²) < 4.78 is 2.43. The Balaban J connectivity index is 2.07. The first kappa shape index (κ1) is 14.3. The first-order chi connectivity index (χ1) is 10.6. The zero-order valence-electron chi connectivity index (χ0n) is 11.9. The van der Waals surface area contributed by atoms with Crippen molar-refractivity contribution in [2.24, 2.45) is 0 Å². The largest absolute Gasteiger partial charge is 0.387 e. The molecule has 0 bridgehead atoms. The molecule has 1 aliphatic heterocycles. The van der Waals surface area contributed by atoms with Crippen LogP contribution in [0.15, 0.2) is 39.9 Å². The standard InChI is InChI=1S/C16H15N3O3/c17-9-12-13-7-4-8-18(13)16(22)19(15(12)21)10-14(20)11-5-2-1-3-6-11/h1-3,5-6,14,20H,4,7-8,10H2/t14-/m0/s1. The van der Waals surface area contributed by atoms with Crippen molar-refractivity contribution in [2.75, 3.05) is 0 Å². The van der Waals surface area contributed by atoms with Crippen molar-refractivity contribution in [1.82, 2.24) is 9.13 Å². The molecule has 1 aromatic carbocycles. The maximum absolute atomic E-state index is 12.4. The Kier molecular flexibility index (Phi) is 3.65. The van der Waals surface area contributed by atoms with Gasteiger partial charge in [-0.15, -0.1) is 0 Å². The molecule has 0 aliphatic carbocycles. The van der Waals surface area contributed by atoms with Gasteiger partial charge in [-0.3, -0.25) is 13.9 Å². The van der Waals surface area contributed by atoms with E-state index in [9.17, 15) is 20.0 Å². The molecule has 1 atom stereocenters. The number of nitriles is 1. The van der Waals surface area contributed by atoms with Crippen molar-refractivity contribution >= 4 is 0 Å². The zero-order valence-corrected chi connectivity index (χ0v) is 11.9. The monoisotopic (exact) mass is 297 g/mol. The summed E-state index contributed by atoms with van der Waals surface area (Å²) in [6.07, 6.45) is 0.336. The molecule has 1 N–H and O–H groups in total. The van der Waals surface area contributed by atoms with E-state index in [1.54, 1.807) is 24.3 Å². The van der Waals surface area contributed by atoms with Crippen molar-refractivity contribution in [3.05, 3.63) is 68.0 Å². The highest BCUT2D eigenvalue weighted by molar-refractivity contribution is 5.33. The molecule has 6 heteroatoms. The molecule has 22 heavy (non-hydrogen) atoms. The van der Waals surface area contributed by atoms with E-state index in [1.165, 1.54) is 4.57 Å². The predicted octanol–water partition coefficient (Wildman–Crippen LogP) is 0.561. The minimum atomic E-state index is -0.974. The third kappa shape index (κ3) is 2.26. The Morgan fingerprint density at radius 3 is 2.68 bits per heavy atom. The SMILES string of the molecule is N#Cc1c2n(c(=O)n(C[C@H](O)c3ccccc3)c1=O)CCC2. The first-order valence-corrected chi connectivity index (χ1v) is 7.13. The van der Waals surface area contributed by atoms with Crippen LogP contribution in [-0.4, -0.2) is 14.2 Å². The first-order valence-electron chi connectivity index (χ1n) is 7.13. The lowest BCUT2D eigenvalue weighted by atomic mass is 10.1. The molecule has 0 saturated heterocycles. The summed E-state index contributed by atoms with van der Waals surface area (Å²) in [6.45, 7) is 0.348. The maximum Gasteiger partial charge on any atom is 0.331 e. The molecule has 112 valence electrons. The third-order valence-corrected chi connectivity index (χ3v) is 3.98. The van der Waals surface area contributed by atoms with Crippen molar-refractivity contribution < 1.29 is 5.11 Å². The van der Waals surface area contributed by atoms with E-state index in [1.807, 2.05) is 12.1 Å². The number of hydrogen-bond acceptors (Lipinski definition) is 4. The van der Waals surface area contributed by atoms with Crippen LogP contribution in [0.5, 0.6) is 0 Å². The molecule has 2 heterocycles. The number of aromatic nitrogens is 2. The van der Waals surface area contributed by atoms with E-state index in [4.69, 9.17) is 0 Å². The fourth-order valence-corrected chi connectivity index (χ4v) is 2.86. The highest BCUT2D eigenvalue weighted by Crippen LogP contribution is 2.15. The molecule has 0 saturated carbocycles. The number of hydrogen-bond donors (Lipinski definition) is 1. The van der Waals surface area contributed by atoms with Gasteiger partial charge in [-0.1, -0.05) is 30.3 Å². The Hall–Kier alpha value is -2.65. The lowest BCUT2D eigenvalue weighted by Gasteiger charge is -2.15. The minimum absolute atomic E-state index is 0.0114. The fourth-order valence-electron chi connectivity index (χ4n) is 2.86. The van der Waals surface area contributed by atoms with Crippen molar-refractivity contribution in [3.63, 3.8) is 0 Å². The summed E-state index contributed by atoms with van der Waals surface area (Å²) in [5.41, 5.74) is 0.0835. The van der Waals surface area contributed by atoms with Crippen LogP contribution >= 0.6 is 0 Å². The van der Waals surface area contributed by atoms with Gasteiger partial charge in [0.25, 0.3) is 5.56 Å². The van der Waals surface area contributed by atoms with Crippen LogP contribution in [0.3, 0.4) is 0 Å². The number of benzene rings is 1. The van der Waals surface area contributed by atoms with Gasteiger partial charge in [-0.25, -0.2) is 4.79 Å². The molecule has 3 rings (SSSR count). The Morgan fingerprint density at radius 2 is 2.00 bits per heavy atom. The topological polar surface area (TPSA) is 88.0 Å². The van der Waals surface area contributed by atoms with Crippen LogP contribution in [0.25, 0.3) is 0 Å². The average Bonchev–Trinajstić information content (AvgIpc) is 3.02. The summed E-state index contributed by atoms with van der Waals surface area (Å²) in [4.78, 5) is 24.8. The number of nitrogens with zero attached hydrogens (tertiary/aromatic N) is 3. The number of aliphatic hydroxyl groups is 1. The van der Waals surface area contributed by atoms with Gasteiger partial charge in [0.15, 0.2) is 0 Å². The second-order valence-corrected chi connectivity index (χ2v) is 5.31. The highest BCUT2D eigenvalue weighted by Gasteiger charge is 2.23. The van der Waals surface area contributed by atoms with Crippen molar-refractivity contribution in [2.45, 2.75) is 32.0 Å². The van der Waals surface area contributed by atoms with E-state index in [-0.39, 0.29) is 12.1 Å². The molecule has 1 aliphatic rings. The molecule has 0 unspecified atom stereocenters. The van der Waals surface area contributed by atoms with Crippen LogP contribution < -0.4 is 11.2 Å². The summed E-state index contributed by atoms with van der Waals surface area (Å²) in [5, 5.41) is 19.5. The second-order valence-electron chi connectivity index (χ2n) is 5.31. The van der Waals surface area contributed by atoms with Gasteiger partial charge >= 0.3 is 5.69 Å². The molecule has 1 aromatic heterocycles. The lowest BCUT2D eigenvalue weighted by molar-refractivity contribution is 0.152. The second kappa shape index (κ2) is 5.62. The molecule has 2 aromatic rings. The van der Waals surface area contributed by atoms with Crippen molar-refractivity contribution in [3.8, 4) is 6.07 Å². The third-order valence-electron chi connectivity index (χ3n) is 3.98. The van der Waals surface area contributed by atoms with Crippen molar-refractivity contribution in [1.29, 1.82) is 5.26 Å². The number of aliphatic hydroxyl groups excluding tert-OH is 1. The van der Waals surface area contributed by atoms with Crippen LogP contribution in [0, 0.1) is 11.3 Å². The smallest absolute Gasteiger partial charge is 0.331 e. The summed E-state index contributed by atoms with van der Waals surface area (Å²) in [7, 11) is 0. The molecule has 0 amide bonds. The van der Waals surface area contributed by atoms with E-state index >= 15 is 0 Å². The minimum Gasteiger partial charge on any atom is -0.387 e. The van der Waals surface area contributed by atoms with Gasteiger partial charge < -0.3 is 5.11 Å². The summed E-state index contributed by atoms with van der Waals surface area (Å²) >= 11 is 0. The number of rotatable bonds is 3. The molecule has 6 nitrogen and oxygen atoms in total. The molecule has 0 radical (unpaired) electrons. The van der Waals surface area contributed by atoms with E-state index in [0.29, 0.717) is 24.2 Å². The zero-order chi connectivity index (χ0) is 15.7. The van der Waals surface area contributed by atoms with Crippen LogP contribution in [0.2, 0.25) is 0 Å². The Labute approximate surface area is 126 Å². The van der Waals surface area contributed by atoms with Gasteiger partial charge in [-0.05, 0) is 18.4 Å². The number of fused-ring (bicyclic) bond motifs is 1. The van der Waals surface area contributed by atoms with Gasteiger partial charge in [0.1, 0.15) is 11.6 Å². The lowest BCUT2D eigenvalue weighted by Crippen LogP contribution is -2.42. The van der Waals surface area contributed by atoms with Gasteiger partial charge in [0.05, 0.1) is 12.6 Å². The normalized spacial score (nSPS) is 14.4. The van der Waals surface area contributed by atoms with Crippen LogP contribution in [0.4, 0.5) is 0 Å². The molecular formula is C16H15N3O3. The molecular weight excluding hydrogens is 282 g/mol. The maximum atomic E-state index is 12.4. The summed E-state index contributed by atoms with van der Waals surface area (Å²) in [6, 6.07) is 10.7. The van der Waals surface area contributed by atoms with E-state index < -0.39 is 17.4 Å². The Morgan fingerprint density at radius 1 is 1.27 bits per heavy atom. The average molecular weight is 297 g/mol. The van der Waals surface area contributed by atoms with Crippen LogP contribution in [-0.2, 0) is 19.5 Å². The van der Waals surface area contributed by atoms with Crippen LogP contribution in [0.1, 0.15) is 29.3 Å². The fraction of sp³-hybridized carbons (Fsp3) is 0.312. The van der Waals surface area contributed by atoms with E-state index in [2.05, 4.69) is 0 Å².